The first-order valence-corrected chi connectivity index (χ1v) is 5.15. The molecule has 0 N–H and O–H groups in total. The molecule has 0 radical (unpaired) electrons. The number of para-hydroxylation sites is 1. The number of rotatable bonds is 2. The highest BCUT2D eigenvalue weighted by Gasteiger charge is 2.46. The molecule has 2 rings (SSSR count). The minimum Gasteiger partial charge on any atom is -0.230 e. The lowest BCUT2D eigenvalue weighted by Crippen LogP contribution is -2.55. The normalized spacial score (nSPS) is 23.2. The van der Waals surface area contributed by atoms with E-state index in [0.717, 1.165) is 0 Å². The van der Waals surface area contributed by atoms with E-state index in [9.17, 15) is 18.0 Å². The molecule has 0 saturated heterocycles. The van der Waals surface area contributed by atoms with Gasteiger partial charge in [-0.25, -0.2) is 4.79 Å². The topological polar surface area (TPSA) is 17.1 Å². The number of alkyl halides is 3. The molecular weight excluding hydrogens is 231 g/mol. The van der Waals surface area contributed by atoms with E-state index in [2.05, 4.69) is 0 Å². The number of carbonyl (C=O) groups is 1. The Bertz CT molecular complexity index is 453. The zero-order valence-corrected chi connectivity index (χ0v) is 8.95. The number of nitrogens with zero attached hydrogens (tertiary/aromatic N) is 1. The van der Waals surface area contributed by atoms with Crippen LogP contribution in [0.15, 0.2) is 42.6 Å². The van der Waals surface area contributed by atoms with E-state index in [0.29, 0.717) is 12.2 Å². The van der Waals surface area contributed by atoms with Gasteiger partial charge in [-0.2, -0.15) is 17.7 Å². The first-order chi connectivity index (χ1) is 7.94. The van der Waals surface area contributed by atoms with Crippen LogP contribution in [0.1, 0.15) is 6.42 Å². The van der Waals surface area contributed by atoms with E-state index >= 15 is 0 Å². The number of carbonyl (C=O) groups excluding carboxylic acids is 1. The number of hydrogen-bond acceptors (Lipinski definition) is 1. The second kappa shape index (κ2) is 4.00. The fourth-order valence-electron chi connectivity index (χ4n) is 1.84. The summed E-state index contributed by atoms with van der Waals surface area (Å²) in [5, 5.41) is 0. The predicted octanol–water partition coefficient (Wildman–Crippen LogP) is 3.00. The number of hydrogen-bond donors (Lipinski definition) is 0. The smallest absolute Gasteiger partial charge is 0.230 e. The number of benzene rings is 1. The SMILES string of the molecule is O=C(CC(F)(F)F)[N+]1(c2ccccc2)C=CC1. The molecular formula is C12H11F3NO+. The third-order valence-electron chi connectivity index (χ3n) is 2.77. The Labute approximate surface area is 96.6 Å². The van der Waals surface area contributed by atoms with Crippen LogP contribution in [-0.4, -0.2) is 18.6 Å². The fraction of sp³-hybridized carbons (Fsp3) is 0.250. The summed E-state index contributed by atoms with van der Waals surface area (Å²) in [6.45, 7) is 0.291. The molecule has 1 amide bonds. The average Bonchev–Trinajstić information content (AvgIpc) is 2.14. The van der Waals surface area contributed by atoms with Gasteiger partial charge in [-0.05, 0) is 0 Å². The summed E-state index contributed by atoms with van der Waals surface area (Å²) >= 11 is 0. The van der Waals surface area contributed by atoms with Crippen LogP contribution in [0.3, 0.4) is 0 Å². The molecule has 1 unspecified atom stereocenters. The molecule has 90 valence electrons. The Kier molecular flexibility index (Phi) is 2.79. The van der Waals surface area contributed by atoms with Crippen LogP contribution in [0.25, 0.3) is 0 Å². The Morgan fingerprint density at radius 3 is 2.24 bits per heavy atom. The van der Waals surface area contributed by atoms with Crippen molar-refractivity contribution in [3.63, 3.8) is 0 Å². The molecule has 0 bridgehead atoms. The van der Waals surface area contributed by atoms with Crippen molar-refractivity contribution < 1.29 is 18.0 Å². The highest BCUT2D eigenvalue weighted by Crippen LogP contribution is 2.33. The molecule has 0 saturated carbocycles. The molecule has 5 heteroatoms. The lowest BCUT2D eigenvalue weighted by atomic mass is 10.1. The number of halogens is 3. The van der Waals surface area contributed by atoms with Crippen LogP contribution in [0.2, 0.25) is 0 Å². The molecule has 0 spiro atoms. The highest BCUT2D eigenvalue weighted by molar-refractivity contribution is 5.92. The summed E-state index contributed by atoms with van der Waals surface area (Å²) in [5.74, 6) is -0.841. The van der Waals surface area contributed by atoms with Crippen molar-refractivity contribution in [1.82, 2.24) is 4.48 Å². The zero-order chi connectivity index (χ0) is 12.5. The van der Waals surface area contributed by atoms with E-state index in [1.807, 2.05) is 0 Å². The Balaban J connectivity index is 2.28. The van der Waals surface area contributed by atoms with Crippen molar-refractivity contribution in [2.24, 2.45) is 0 Å². The molecule has 1 heterocycles. The summed E-state index contributed by atoms with van der Waals surface area (Å²) in [6, 6.07) is 8.51. The van der Waals surface area contributed by atoms with Gasteiger partial charge in [-0.1, -0.05) is 18.2 Å². The lowest BCUT2D eigenvalue weighted by molar-refractivity contribution is -0.159. The van der Waals surface area contributed by atoms with Crippen molar-refractivity contribution in [2.45, 2.75) is 12.6 Å². The second-order valence-corrected chi connectivity index (χ2v) is 3.96. The molecule has 1 aliphatic rings. The predicted molar refractivity (Wildman–Crippen MR) is 57.9 cm³/mol. The molecule has 1 aromatic rings. The van der Waals surface area contributed by atoms with Crippen LogP contribution in [0.5, 0.6) is 0 Å². The summed E-state index contributed by atoms with van der Waals surface area (Å²) < 4.78 is 36.4. The van der Waals surface area contributed by atoms with Gasteiger partial charge in [0.1, 0.15) is 18.4 Å². The summed E-state index contributed by atoms with van der Waals surface area (Å²) in [4.78, 5) is 11.8. The van der Waals surface area contributed by atoms with Gasteiger partial charge in [0.15, 0.2) is 6.42 Å². The molecule has 1 aromatic carbocycles. The van der Waals surface area contributed by atoms with Gasteiger partial charge >= 0.3 is 12.1 Å². The van der Waals surface area contributed by atoms with Crippen LogP contribution in [-0.2, 0) is 4.79 Å². The lowest BCUT2D eigenvalue weighted by Gasteiger charge is -2.35. The fourth-order valence-corrected chi connectivity index (χ4v) is 1.84. The van der Waals surface area contributed by atoms with Gasteiger partial charge in [0.2, 0.25) is 0 Å². The Morgan fingerprint density at radius 2 is 1.82 bits per heavy atom. The standard InChI is InChI=1S/C12H11F3NO/c13-12(14,15)9-11(17)16(7-4-8-16)10-5-2-1-3-6-10/h1-7H,8-9H2/q+1. The van der Waals surface area contributed by atoms with Crippen LogP contribution in [0, 0.1) is 0 Å². The minimum absolute atomic E-state index is 0.291. The Morgan fingerprint density at radius 1 is 1.24 bits per heavy atom. The largest absolute Gasteiger partial charge is 0.401 e. The molecule has 1 aliphatic heterocycles. The maximum absolute atomic E-state index is 12.3. The maximum Gasteiger partial charge on any atom is 0.401 e. The van der Waals surface area contributed by atoms with Crippen molar-refractivity contribution >= 4 is 11.6 Å². The number of quaternary nitrogens is 1. The third kappa shape index (κ3) is 2.24. The van der Waals surface area contributed by atoms with E-state index < -0.39 is 18.5 Å². The molecule has 2 nitrogen and oxygen atoms in total. The van der Waals surface area contributed by atoms with Crippen molar-refractivity contribution in [3.8, 4) is 0 Å². The van der Waals surface area contributed by atoms with Gasteiger partial charge in [0.05, 0.1) is 0 Å². The van der Waals surface area contributed by atoms with Gasteiger partial charge in [-0.3, -0.25) is 0 Å². The van der Waals surface area contributed by atoms with E-state index in [4.69, 9.17) is 0 Å². The van der Waals surface area contributed by atoms with Gasteiger partial charge in [0, 0.05) is 18.2 Å². The van der Waals surface area contributed by atoms with Crippen LogP contribution >= 0.6 is 0 Å². The molecule has 0 fully saturated rings. The zero-order valence-electron chi connectivity index (χ0n) is 8.95. The van der Waals surface area contributed by atoms with Gasteiger partial charge < -0.3 is 0 Å². The first-order valence-electron chi connectivity index (χ1n) is 5.15. The van der Waals surface area contributed by atoms with Gasteiger partial charge in [-0.15, -0.1) is 0 Å². The number of amides is 1. The maximum atomic E-state index is 12.3. The summed E-state index contributed by atoms with van der Waals surface area (Å²) in [6.07, 6.45) is -2.66. The minimum atomic E-state index is -4.46. The van der Waals surface area contributed by atoms with E-state index in [1.165, 1.54) is 6.20 Å². The van der Waals surface area contributed by atoms with E-state index in [-0.39, 0.29) is 4.48 Å². The summed E-state index contributed by atoms with van der Waals surface area (Å²) in [7, 11) is 0. The molecule has 0 aromatic heterocycles. The van der Waals surface area contributed by atoms with Crippen molar-refractivity contribution in [2.75, 3.05) is 6.54 Å². The summed E-state index contributed by atoms with van der Waals surface area (Å²) in [5.41, 5.74) is 0.573. The Hall–Kier alpha value is -1.62. The van der Waals surface area contributed by atoms with Crippen molar-refractivity contribution in [1.29, 1.82) is 0 Å². The monoisotopic (exact) mass is 242 g/mol. The van der Waals surface area contributed by atoms with Gasteiger partial charge in [0.25, 0.3) is 0 Å². The third-order valence-corrected chi connectivity index (χ3v) is 2.77. The van der Waals surface area contributed by atoms with Crippen molar-refractivity contribution in [3.05, 3.63) is 42.6 Å². The molecule has 17 heavy (non-hydrogen) atoms. The van der Waals surface area contributed by atoms with E-state index in [1.54, 1.807) is 36.4 Å². The average molecular weight is 242 g/mol. The molecule has 1 atom stereocenters. The quantitative estimate of drug-likeness (QED) is 0.728. The second-order valence-electron chi connectivity index (χ2n) is 3.96. The van der Waals surface area contributed by atoms with Crippen LogP contribution in [0.4, 0.5) is 18.9 Å². The van der Waals surface area contributed by atoms with Crippen LogP contribution < -0.4 is 4.48 Å². The molecule has 0 aliphatic carbocycles. The first kappa shape index (κ1) is 11.9. The highest BCUT2D eigenvalue weighted by atomic mass is 19.4.